The minimum Gasteiger partial charge on any atom is -0.492 e. The lowest BCUT2D eigenvalue weighted by atomic mass is 10.0. The molecule has 144 valence electrons. The first-order valence-corrected chi connectivity index (χ1v) is 9.30. The van der Waals surface area contributed by atoms with Crippen molar-refractivity contribution >= 4 is 17.6 Å². The van der Waals surface area contributed by atoms with Crippen LogP contribution in [0.5, 0.6) is 11.5 Å². The van der Waals surface area contributed by atoms with E-state index in [0.717, 1.165) is 6.42 Å². The first-order chi connectivity index (χ1) is 12.8. The Morgan fingerprint density at radius 3 is 2.78 bits per heavy atom. The predicted octanol–water partition coefficient (Wildman–Crippen LogP) is 4.25. The van der Waals surface area contributed by atoms with E-state index in [9.17, 15) is 14.7 Å². The molecule has 0 radical (unpaired) electrons. The van der Waals surface area contributed by atoms with E-state index in [0.29, 0.717) is 41.0 Å². The molecular formula is C20H22ClNO5. The second-order valence-electron chi connectivity index (χ2n) is 6.90. The Morgan fingerprint density at radius 2 is 2.15 bits per heavy atom. The van der Waals surface area contributed by atoms with Crippen molar-refractivity contribution in [3.05, 3.63) is 45.2 Å². The zero-order valence-electron chi connectivity index (χ0n) is 15.5. The number of rotatable bonds is 5. The third kappa shape index (κ3) is 3.67. The molecule has 6 nitrogen and oxygen atoms in total. The number of benzene rings is 1. The molecule has 0 saturated heterocycles. The zero-order valence-corrected chi connectivity index (χ0v) is 16.2. The molecule has 1 aromatic heterocycles. The number of aromatic nitrogens is 1. The smallest absolute Gasteiger partial charge is 0.341 e. The highest BCUT2D eigenvalue weighted by Gasteiger charge is 2.27. The topological polar surface area (TPSA) is 77.8 Å². The maximum Gasteiger partial charge on any atom is 0.341 e. The minimum absolute atomic E-state index is 0.134. The number of ether oxygens (including phenoxy) is 2. The van der Waals surface area contributed by atoms with Gasteiger partial charge in [0.25, 0.3) is 0 Å². The van der Waals surface area contributed by atoms with Crippen molar-refractivity contribution in [2.45, 2.75) is 33.2 Å². The van der Waals surface area contributed by atoms with Gasteiger partial charge in [-0.25, -0.2) is 4.79 Å². The first-order valence-electron chi connectivity index (χ1n) is 8.92. The van der Waals surface area contributed by atoms with Crippen LogP contribution in [0, 0.1) is 5.92 Å². The van der Waals surface area contributed by atoms with E-state index in [4.69, 9.17) is 21.1 Å². The maximum atomic E-state index is 12.3. The van der Waals surface area contributed by atoms with Crippen LogP contribution in [0.1, 0.15) is 43.6 Å². The second-order valence-corrected chi connectivity index (χ2v) is 7.31. The number of carbonyl (C=O) groups is 1. The van der Waals surface area contributed by atoms with Crippen molar-refractivity contribution in [3.8, 4) is 22.8 Å². The number of nitrogens with zero attached hydrogens (tertiary/aromatic N) is 1. The van der Waals surface area contributed by atoms with Crippen LogP contribution in [0.15, 0.2) is 29.2 Å². The van der Waals surface area contributed by atoms with Gasteiger partial charge in [0, 0.05) is 23.9 Å². The molecule has 0 saturated carbocycles. The quantitative estimate of drug-likeness (QED) is 0.824. The summed E-state index contributed by atoms with van der Waals surface area (Å²) in [6.07, 6.45) is 2.25. The third-order valence-electron chi connectivity index (χ3n) is 4.62. The summed E-state index contributed by atoms with van der Waals surface area (Å²) in [6.45, 7) is 6.92. The Morgan fingerprint density at radius 1 is 1.41 bits per heavy atom. The van der Waals surface area contributed by atoms with Gasteiger partial charge < -0.3 is 19.1 Å². The van der Waals surface area contributed by atoms with E-state index in [1.807, 2.05) is 25.3 Å². The molecule has 2 aromatic rings. The lowest BCUT2D eigenvalue weighted by Gasteiger charge is -2.24. The molecule has 0 spiro atoms. The Labute approximate surface area is 162 Å². The van der Waals surface area contributed by atoms with Crippen LogP contribution in [-0.4, -0.2) is 28.9 Å². The number of carboxylic acids is 1. The highest BCUT2D eigenvalue weighted by molar-refractivity contribution is 6.32. The Bertz CT molecular complexity index is 935. The maximum absolute atomic E-state index is 12.3. The summed E-state index contributed by atoms with van der Waals surface area (Å²) in [7, 11) is 0. The van der Waals surface area contributed by atoms with Crippen molar-refractivity contribution in [3.63, 3.8) is 0 Å². The lowest BCUT2D eigenvalue weighted by molar-refractivity contribution is 0.0694. The molecule has 2 heterocycles. The SMILES string of the molecule is CCCOc1cc2c(cc1Cl)-c1cc(=O)c(C(=O)O)cn1C(C(C)C)CO2. The van der Waals surface area contributed by atoms with Crippen LogP contribution in [0.2, 0.25) is 5.02 Å². The summed E-state index contributed by atoms with van der Waals surface area (Å²) < 4.78 is 13.5. The molecule has 7 heteroatoms. The number of halogens is 1. The second kappa shape index (κ2) is 7.64. The van der Waals surface area contributed by atoms with E-state index < -0.39 is 11.4 Å². The summed E-state index contributed by atoms with van der Waals surface area (Å²) >= 11 is 6.38. The number of fused-ring (bicyclic) bond motifs is 3. The van der Waals surface area contributed by atoms with Crippen LogP contribution >= 0.6 is 11.6 Å². The molecule has 1 N–H and O–H groups in total. The normalized spacial score (nSPS) is 15.5. The van der Waals surface area contributed by atoms with Gasteiger partial charge in [0.05, 0.1) is 23.4 Å². The molecule has 0 bridgehead atoms. The van der Waals surface area contributed by atoms with Crippen LogP contribution in [0.25, 0.3) is 11.3 Å². The summed E-state index contributed by atoms with van der Waals surface area (Å²) in [4.78, 5) is 23.8. The van der Waals surface area contributed by atoms with Gasteiger partial charge in [-0.15, -0.1) is 0 Å². The van der Waals surface area contributed by atoms with Crippen LogP contribution in [0.4, 0.5) is 0 Å². The fraction of sp³-hybridized carbons (Fsp3) is 0.400. The Hall–Kier alpha value is -2.47. The van der Waals surface area contributed by atoms with Crippen molar-refractivity contribution in [2.75, 3.05) is 13.2 Å². The van der Waals surface area contributed by atoms with E-state index in [2.05, 4.69) is 0 Å². The summed E-state index contributed by atoms with van der Waals surface area (Å²) in [5.74, 6) is -0.000714. The van der Waals surface area contributed by atoms with E-state index in [1.54, 1.807) is 12.1 Å². The number of carboxylic acid groups (broad SMARTS) is 1. The average molecular weight is 392 g/mol. The molecular weight excluding hydrogens is 370 g/mol. The minimum atomic E-state index is -1.25. The molecule has 0 aliphatic carbocycles. The number of pyridine rings is 1. The Balaban J connectivity index is 2.23. The molecule has 3 rings (SSSR count). The van der Waals surface area contributed by atoms with Gasteiger partial charge in [-0.1, -0.05) is 32.4 Å². The third-order valence-corrected chi connectivity index (χ3v) is 4.91. The van der Waals surface area contributed by atoms with Gasteiger partial charge in [0.15, 0.2) is 5.43 Å². The van der Waals surface area contributed by atoms with Gasteiger partial charge in [0.2, 0.25) is 0 Å². The first kappa shape index (κ1) is 19.3. The lowest BCUT2D eigenvalue weighted by Crippen LogP contribution is -2.25. The van der Waals surface area contributed by atoms with Crippen molar-refractivity contribution < 1.29 is 19.4 Å². The molecule has 1 atom stereocenters. The van der Waals surface area contributed by atoms with Crippen LogP contribution in [0.3, 0.4) is 0 Å². The van der Waals surface area contributed by atoms with Crippen molar-refractivity contribution in [1.82, 2.24) is 4.57 Å². The molecule has 1 aromatic carbocycles. The van der Waals surface area contributed by atoms with Gasteiger partial charge in [-0.3, -0.25) is 4.79 Å². The molecule has 1 aliphatic heterocycles. The standard InChI is InChI=1S/C20H22ClNO5/c1-4-5-26-19-8-18-12(6-14(19)21)15-7-17(23)13(20(24)25)9-22(15)16(10-27-18)11(2)3/h6-9,11,16H,4-5,10H2,1-3H3,(H,24,25). The number of hydrogen-bond acceptors (Lipinski definition) is 4. The van der Waals surface area contributed by atoms with Crippen molar-refractivity contribution in [1.29, 1.82) is 0 Å². The molecule has 0 amide bonds. The summed E-state index contributed by atoms with van der Waals surface area (Å²) in [6, 6.07) is 4.64. The molecule has 1 unspecified atom stereocenters. The van der Waals surface area contributed by atoms with E-state index in [-0.39, 0.29) is 17.5 Å². The van der Waals surface area contributed by atoms with E-state index >= 15 is 0 Å². The fourth-order valence-electron chi connectivity index (χ4n) is 3.15. The van der Waals surface area contributed by atoms with Crippen molar-refractivity contribution in [2.24, 2.45) is 5.92 Å². The number of hydrogen-bond donors (Lipinski definition) is 1. The molecule has 0 fully saturated rings. The Kier molecular flexibility index (Phi) is 5.46. The van der Waals surface area contributed by atoms with Gasteiger partial charge >= 0.3 is 5.97 Å². The van der Waals surface area contributed by atoms with Crippen LogP contribution in [-0.2, 0) is 0 Å². The average Bonchev–Trinajstić information content (AvgIpc) is 2.75. The van der Waals surface area contributed by atoms with Gasteiger partial charge in [0.1, 0.15) is 23.7 Å². The highest BCUT2D eigenvalue weighted by Crippen LogP contribution is 2.42. The van der Waals surface area contributed by atoms with Gasteiger partial charge in [-0.2, -0.15) is 0 Å². The fourth-order valence-corrected chi connectivity index (χ4v) is 3.36. The summed E-state index contributed by atoms with van der Waals surface area (Å²) in [5.41, 5.74) is 0.412. The number of aromatic carboxylic acids is 1. The van der Waals surface area contributed by atoms with E-state index in [1.165, 1.54) is 12.3 Å². The molecule has 27 heavy (non-hydrogen) atoms. The van der Waals surface area contributed by atoms with Crippen LogP contribution < -0.4 is 14.9 Å². The van der Waals surface area contributed by atoms with Gasteiger partial charge in [-0.05, 0) is 18.4 Å². The monoisotopic (exact) mass is 391 g/mol. The predicted molar refractivity (Wildman–Crippen MR) is 103 cm³/mol. The highest BCUT2D eigenvalue weighted by atomic mass is 35.5. The largest absolute Gasteiger partial charge is 0.492 e. The molecule has 1 aliphatic rings. The summed E-state index contributed by atoms with van der Waals surface area (Å²) in [5, 5.41) is 9.75. The zero-order chi connectivity index (χ0) is 19.7.